The molecule has 0 heterocycles. The van der Waals surface area contributed by atoms with Crippen molar-refractivity contribution in [3.05, 3.63) is 29.3 Å². The number of nitrogens with zero attached hydrogens (tertiary/aromatic N) is 1. The van der Waals surface area contributed by atoms with Gasteiger partial charge in [-0.15, -0.1) is 3.89 Å². The highest BCUT2D eigenvalue weighted by atomic mass is 32.3. The number of halogens is 1. The fourth-order valence-electron chi connectivity index (χ4n) is 0.924. The number of aryl methyl sites for hydroxylation is 1. The number of nitriles is 1. The van der Waals surface area contributed by atoms with Gasteiger partial charge >= 0.3 is 10.2 Å². The van der Waals surface area contributed by atoms with Crippen LogP contribution in [0.1, 0.15) is 11.1 Å². The van der Waals surface area contributed by atoms with Crippen LogP contribution in [0.15, 0.2) is 23.1 Å². The summed E-state index contributed by atoms with van der Waals surface area (Å²) < 4.78 is 33.7. The number of hydrogen-bond donors (Lipinski definition) is 0. The minimum atomic E-state index is -4.79. The molecule has 1 rings (SSSR count). The summed E-state index contributed by atoms with van der Waals surface area (Å²) in [5.41, 5.74) is 0.420. The second-order valence-electron chi connectivity index (χ2n) is 2.55. The SMILES string of the molecule is Cc1ccc(C#N)c(S(=O)(=O)F)c1. The van der Waals surface area contributed by atoms with E-state index in [-0.39, 0.29) is 5.56 Å². The first-order valence-corrected chi connectivity index (χ1v) is 4.79. The third-order valence-corrected chi connectivity index (χ3v) is 2.38. The lowest BCUT2D eigenvalue weighted by Gasteiger charge is -1.98. The van der Waals surface area contributed by atoms with Crippen molar-refractivity contribution in [2.75, 3.05) is 0 Å². The molecular weight excluding hydrogens is 193 g/mol. The maximum Gasteiger partial charge on any atom is 0.333 e. The molecule has 1 aromatic carbocycles. The highest BCUT2D eigenvalue weighted by Gasteiger charge is 2.16. The molecule has 0 radical (unpaired) electrons. The van der Waals surface area contributed by atoms with E-state index in [1.807, 2.05) is 0 Å². The van der Waals surface area contributed by atoms with Crippen LogP contribution in [0, 0.1) is 18.3 Å². The van der Waals surface area contributed by atoms with Crippen molar-refractivity contribution >= 4 is 10.2 Å². The van der Waals surface area contributed by atoms with Gasteiger partial charge in [0.25, 0.3) is 0 Å². The lowest BCUT2D eigenvalue weighted by atomic mass is 10.2. The van der Waals surface area contributed by atoms with E-state index in [2.05, 4.69) is 0 Å². The molecule has 0 saturated carbocycles. The third-order valence-electron chi connectivity index (χ3n) is 1.52. The predicted octanol–water partition coefficient (Wildman–Crippen LogP) is 1.52. The van der Waals surface area contributed by atoms with Crippen molar-refractivity contribution in [3.63, 3.8) is 0 Å². The summed E-state index contributed by atoms with van der Waals surface area (Å²) in [6.45, 7) is 1.62. The lowest BCUT2D eigenvalue weighted by Crippen LogP contribution is -1.96. The summed E-state index contributed by atoms with van der Waals surface area (Å²) in [5.74, 6) is 0. The molecule has 68 valence electrons. The van der Waals surface area contributed by atoms with Gasteiger partial charge in [-0.1, -0.05) is 6.07 Å². The van der Waals surface area contributed by atoms with E-state index in [0.717, 1.165) is 6.07 Å². The van der Waals surface area contributed by atoms with Gasteiger partial charge in [-0.2, -0.15) is 13.7 Å². The highest BCUT2D eigenvalue weighted by Crippen LogP contribution is 2.18. The van der Waals surface area contributed by atoms with Crippen molar-refractivity contribution < 1.29 is 12.3 Å². The first-order valence-electron chi connectivity index (χ1n) is 3.40. The molecule has 0 saturated heterocycles. The number of hydrogen-bond acceptors (Lipinski definition) is 3. The van der Waals surface area contributed by atoms with Gasteiger partial charge < -0.3 is 0 Å². The van der Waals surface area contributed by atoms with Crippen LogP contribution in [0.25, 0.3) is 0 Å². The molecule has 0 aliphatic rings. The van der Waals surface area contributed by atoms with Gasteiger partial charge in [0.15, 0.2) is 0 Å². The molecule has 3 nitrogen and oxygen atoms in total. The van der Waals surface area contributed by atoms with Crippen LogP contribution in [-0.4, -0.2) is 8.42 Å². The third kappa shape index (κ3) is 2.04. The van der Waals surface area contributed by atoms with E-state index in [1.54, 1.807) is 19.1 Å². The summed E-state index contributed by atoms with van der Waals surface area (Å²) in [6, 6.07) is 5.57. The van der Waals surface area contributed by atoms with Crippen molar-refractivity contribution in [2.45, 2.75) is 11.8 Å². The average molecular weight is 199 g/mol. The van der Waals surface area contributed by atoms with Crippen molar-refractivity contribution in [2.24, 2.45) is 0 Å². The maximum atomic E-state index is 12.6. The van der Waals surface area contributed by atoms with E-state index in [1.165, 1.54) is 6.07 Å². The Morgan fingerprint density at radius 2 is 2.08 bits per heavy atom. The Morgan fingerprint density at radius 3 is 2.54 bits per heavy atom. The molecule has 0 fully saturated rings. The molecule has 0 aliphatic heterocycles. The highest BCUT2D eigenvalue weighted by molar-refractivity contribution is 7.86. The summed E-state index contributed by atoms with van der Waals surface area (Å²) in [7, 11) is -4.79. The summed E-state index contributed by atoms with van der Waals surface area (Å²) in [5, 5.41) is 8.49. The molecule has 13 heavy (non-hydrogen) atoms. The molecule has 0 N–H and O–H groups in total. The van der Waals surface area contributed by atoms with Crippen molar-refractivity contribution in [1.82, 2.24) is 0 Å². The fraction of sp³-hybridized carbons (Fsp3) is 0.125. The van der Waals surface area contributed by atoms with Gasteiger partial charge in [0, 0.05) is 0 Å². The molecule has 0 bridgehead atoms. The molecule has 0 aromatic heterocycles. The molecule has 0 amide bonds. The normalized spacial score (nSPS) is 10.8. The molecule has 0 spiro atoms. The van der Waals surface area contributed by atoms with Gasteiger partial charge in [0.1, 0.15) is 11.0 Å². The van der Waals surface area contributed by atoms with Gasteiger partial charge in [-0.25, -0.2) is 0 Å². The monoisotopic (exact) mass is 199 g/mol. The Bertz CT molecular complexity index is 473. The Morgan fingerprint density at radius 1 is 1.46 bits per heavy atom. The van der Waals surface area contributed by atoms with Gasteiger partial charge in [0.2, 0.25) is 0 Å². The summed E-state index contributed by atoms with van der Waals surface area (Å²) >= 11 is 0. The van der Waals surface area contributed by atoms with Gasteiger partial charge in [0.05, 0.1) is 5.56 Å². The van der Waals surface area contributed by atoms with Crippen molar-refractivity contribution in [1.29, 1.82) is 5.26 Å². The summed E-state index contributed by atoms with van der Waals surface area (Å²) in [6.07, 6.45) is 0. The molecule has 0 atom stereocenters. The van der Waals surface area contributed by atoms with E-state index < -0.39 is 15.1 Å². The zero-order valence-corrected chi connectivity index (χ0v) is 7.60. The average Bonchev–Trinajstić information content (AvgIpc) is 2.03. The van der Waals surface area contributed by atoms with E-state index >= 15 is 0 Å². The second-order valence-corrected chi connectivity index (χ2v) is 3.86. The van der Waals surface area contributed by atoms with E-state index in [9.17, 15) is 12.3 Å². The quantitative estimate of drug-likeness (QED) is 0.644. The molecule has 0 aliphatic carbocycles. The first kappa shape index (κ1) is 9.68. The maximum absolute atomic E-state index is 12.6. The van der Waals surface area contributed by atoms with E-state index in [0.29, 0.717) is 5.56 Å². The number of rotatable bonds is 1. The Labute approximate surface area is 75.6 Å². The van der Waals surface area contributed by atoms with Crippen LogP contribution in [0.4, 0.5) is 3.89 Å². The Hall–Kier alpha value is -1.41. The second kappa shape index (κ2) is 3.15. The lowest BCUT2D eigenvalue weighted by molar-refractivity contribution is 0.551. The van der Waals surface area contributed by atoms with Crippen LogP contribution in [0.5, 0.6) is 0 Å². The van der Waals surface area contributed by atoms with Crippen molar-refractivity contribution in [3.8, 4) is 6.07 Å². The van der Waals surface area contributed by atoms with E-state index in [4.69, 9.17) is 5.26 Å². The topological polar surface area (TPSA) is 57.9 Å². The molecule has 5 heteroatoms. The van der Waals surface area contributed by atoms with Crippen LogP contribution in [-0.2, 0) is 10.2 Å². The smallest absolute Gasteiger partial charge is 0.192 e. The molecular formula is C8H6FNO2S. The van der Waals surface area contributed by atoms with Gasteiger partial charge in [-0.3, -0.25) is 0 Å². The minimum absolute atomic E-state index is 0.173. The standard InChI is InChI=1S/C8H6FNO2S/c1-6-2-3-7(5-10)8(4-6)13(9,11)12/h2-4H,1H3. The van der Waals surface area contributed by atoms with Gasteiger partial charge in [-0.05, 0) is 24.6 Å². The Kier molecular flexibility index (Phi) is 2.34. The number of benzene rings is 1. The first-order chi connectivity index (χ1) is 5.95. The predicted molar refractivity (Wildman–Crippen MR) is 44.2 cm³/mol. The largest absolute Gasteiger partial charge is 0.333 e. The molecule has 1 aromatic rings. The summed E-state index contributed by atoms with van der Waals surface area (Å²) in [4.78, 5) is -0.560. The van der Waals surface area contributed by atoms with Crippen LogP contribution >= 0.6 is 0 Å². The fourth-order valence-corrected chi connectivity index (χ4v) is 1.63. The van der Waals surface area contributed by atoms with Crippen LogP contribution < -0.4 is 0 Å². The molecule has 0 unspecified atom stereocenters. The zero-order valence-electron chi connectivity index (χ0n) is 6.78. The van der Waals surface area contributed by atoms with Crippen LogP contribution in [0.2, 0.25) is 0 Å². The zero-order chi connectivity index (χ0) is 10.1. The minimum Gasteiger partial charge on any atom is -0.192 e. The van der Waals surface area contributed by atoms with Crippen LogP contribution in [0.3, 0.4) is 0 Å². The Balaban J connectivity index is 3.53.